The topological polar surface area (TPSA) is 236 Å². The minimum absolute atomic E-state index is 0.00776. The summed E-state index contributed by atoms with van der Waals surface area (Å²) in [7, 11) is 0. The molecule has 0 spiro atoms. The predicted molar refractivity (Wildman–Crippen MR) is 178 cm³/mol. The first-order chi connectivity index (χ1) is 23.5. The minimum atomic E-state index is -1.24. The van der Waals surface area contributed by atoms with Crippen LogP contribution in [0.1, 0.15) is 96.8 Å². The molecule has 0 unspecified atom stereocenters. The predicted octanol–water partition coefficient (Wildman–Crippen LogP) is 2.12. The van der Waals surface area contributed by atoms with Crippen molar-refractivity contribution in [3.8, 4) is 0 Å². The van der Waals surface area contributed by atoms with Crippen LogP contribution in [0.25, 0.3) is 0 Å². The van der Waals surface area contributed by atoms with Crippen molar-refractivity contribution >= 4 is 35.6 Å². The zero-order valence-corrected chi connectivity index (χ0v) is 29.0. The maximum absolute atomic E-state index is 12.1. The quantitative estimate of drug-likeness (QED) is 0.0519. The van der Waals surface area contributed by atoms with Crippen LogP contribution < -0.4 is 16.0 Å². The van der Waals surface area contributed by atoms with Gasteiger partial charge in [0.1, 0.15) is 6.04 Å². The zero-order chi connectivity index (χ0) is 36.5. The Labute approximate surface area is 289 Å². The summed E-state index contributed by atoms with van der Waals surface area (Å²) < 4.78 is 21.6. The van der Waals surface area contributed by atoms with E-state index in [1.54, 1.807) is 6.92 Å². The summed E-state index contributed by atoms with van der Waals surface area (Å²) in [4.78, 5) is 68.7. The lowest BCUT2D eigenvalue weighted by Crippen LogP contribution is -2.42. The molecule has 49 heavy (non-hydrogen) atoms. The van der Waals surface area contributed by atoms with Crippen LogP contribution in [-0.4, -0.2) is 123 Å². The lowest BCUT2D eigenvalue weighted by atomic mass is 10.0. The second-order valence-electron chi connectivity index (χ2n) is 11.6. The van der Waals surface area contributed by atoms with Gasteiger partial charge in [-0.25, -0.2) is 4.79 Å². The van der Waals surface area contributed by atoms with Gasteiger partial charge in [-0.05, 0) is 32.1 Å². The van der Waals surface area contributed by atoms with Crippen molar-refractivity contribution in [2.75, 3.05) is 65.9 Å². The van der Waals surface area contributed by atoms with Gasteiger partial charge in [0.05, 0.1) is 58.8 Å². The lowest BCUT2D eigenvalue weighted by molar-refractivity contribution is -0.142. The summed E-state index contributed by atoms with van der Waals surface area (Å²) >= 11 is 0. The van der Waals surface area contributed by atoms with Crippen LogP contribution in [-0.2, 0) is 47.7 Å². The van der Waals surface area contributed by atoms with Crippen molar-refractivity contribution in [1.82, 2.24) is 16.0 Å². The SMILES string of the molecule is C[C@@H](CCCCNC(=O)CC[C@H](NC(=O)CCOCCOCCOCCOCCNC(=O)CCCCCCCCC(=O)O)C(=O)O)C(=O)O. The molecule has 0 saturated carbocycles. The van der Waals surface area contributed by atoms with Gasteiger partial charge in [-0.3, -0.25) is 24.0 Å². The molecule has 0 rings (SSSR count). The van der Waals surface area contributed by atoms with E-state index in [2.05, 4.69) is 16.0 Å². The smallest absolute Gasteiger partial charge is 0.326 e. The number of carboxylic acids is 3. The number of carbonyl (C=O) groups excluding carboxylic acids is 3. The van der Waals surface area contributed by atoms with Gasteiger partial charge in [0.2, 0.25) is 17.7 Å². The first-order valence-corrected chi connectivity index (χ1v) is 17.3. The van der Waals surface area contributed by atoms with Crippen LogP contribution in [0.15, 0.2) is 0 Å². The van der Waals surface area contributed by atoms with Gasteiger partial charge in [0.25, 0.3) is 0 Å². The third-order valence-electron chi connectivity index (χ3n) is 7.30. The molecule has 6 N–H and O–H groups in total. The summed E-state index contributed by atoms with van der Waals surface area (Å²) in [6.45, 7) is 4.90. The molecule has 0 heterocycles. The molecule has 0 aliphatic carbocycles. The fourth-order valence-corrected chi connectivity index (χ4v) is 4.36. The van der Waals surface area contributed by atoms with Crippen molar-refractivity contribution in [3.63, 3.8) is 0 Å². The number of carboxylic acid groups (broad SMARTS) is 3. The van der Waals surface area contributed by atoms with Crippen molar-refractivity contribution in [3.05, 3.63) is 0 Å². The zero-order valence-electron chi connectivity index (χ0n) is 29.0. The number of ether oxygens (including phenoxy) is 4. The first kappa shape index (κ1) is 45.7. The van der Waals surface area contributed by atoms with E-state index in [0.29, 0.717) is 84.8 Å². The van der Waals surface area contributed by atoms with E-state index >= 15 is 0 Å². The van der Waals surface area contributed by atoms with Gasteiger partial charge in [-0.1, -0.05) is 39.0 Å². The van der Waals surface area contributed by atoms with Gasteiger partial charge in [0.15, 0.2) is 0 Å². The molecule has 16 heteroatoms. The summed E-state index contributed by atoms with van der Waals surface area (Å²) in [5.74, 6) is -4.15. The van der Waals surface area contributed by atoms with E-state index in [1.165, 1.54) is 0 Å². The average molecular weight is 706 g/mol. The van der Waals surface area contributed by atoms with E-state index in [4.69, 9.17) is 29.2 Å². The van der Waals surface area contributed by atoms with E-state index in [-0.39, 0.29) is 50.7 Å². The lowest BCUT2D eigenvalue weighted by Gasteiger charge is -2.14. The molecule has 0 bridgehead atoms. The highest BCUT2D eigenvalue weighted by molar-refractivity contribution is 5.84. The van der Waals surface area contributed by atoms with Crippen molar-refractivity contribution in [1.29, 1.82) is 0 Å². The molecule has 0 aromatic heterocycles. The van der Waals surface area contributed by atoms with Gasteiger partial charge in [-0.2, -0.15) is 0 Å². The van der Waals surface area contributed by atoms with Gasteiger partial charge >= 0.3 is 17.9 Å². The monoisotopic (exact) mass is 705 g/mol. The summed E-state index contributed by atoms with van der Waals surface area (Å²) in [5, 5.41) is 34.7. The van der Waals surface area contributed by atoms with E-state index in [1.807, 2.05) is 0 Å². The van der Waals surface area contributed by atoms with E-state index in [9.17, 15) is 33.9 Å². The van der Waals surface area contributed by atoms with E-state index < -0.39 is 35.8 Å². The molecular formula is C33H59N3O13. The van der Waals surface area contributed by atoms with Crippen LogP contribution in [0.4, 0.5) is 0 Å². The van der Waals surface area contributed by atoms with Crippen LogP contribution in [0.5, 0.6) is 0 Å². The molecule has 3 amide bonds. The van der Waals surface area contributed by atoms with Crippen molar-refractivity contribution in [2.45, 2.75) is 103 Å². The van der Waals surface area contributed by atoms with Gasteiger partial charge < -0.3 is 50.2 Å². The summed E-state index contributed by atoms with van der Waals surface area (Å²) in [6.07, 6.45) is 7.64. The second-order valence-corrected chi connectivity index (χ2v) is 11.6. The summed E-state index contributed by atoms with van der Waals surface area (Å²) in [5.41, 5.74) is 0. The Hall–Kier alpha value is -3.34. The number of carbonyl (C=O) groups is 6. The molecule has 0 aromatic carbocycles. The maximum Gasteiger partial charge on any atom is 0.326 e. The molecule has 2 atom stereocenters. The van der Waals surface area contributed by atoms with Gasteiger partial charge in [0, 0.05) is 38.8 Å². The van der Waals surface area contributed by atoms with Crippen molar-refractivity contribution in [2.24, 2.45) is 5.92 Å². The fraction of sp³-hybridized carbons (Fsp3) is 0.818. The number of rotatable bonds is 35. The number of unbranched alkanes of at least 4 members (excludes halogenated alkanes) is 6. The Balaban J connectivity index is 3.59. The molecule has 0 aliphatic rings. The highest BCUT2D eigenvalue weighted by Gasteiger charge is 2.21. The molecule has 0 radical (unpaired) electrons. The molecular weight excluding hydrogens is 646 g/mol. The molecule has 0 aromatic rings. The Bertz CT molecular complexity index is 936. The van der Waals surface area contributed by atoms with Crippen LogP contribution in [0.2, 0.25) is 0 Å². The Morgan fingerprint density at radius 1 is 0.490 bits per heavy atom. The number of amides is 3. The largest absolute Gasteiger partial charge is 0.481 e. The standard InChI is InChI=1S/C33H59N3O13/c1-26(32(42)43)10-8-9-16-34-29(38)14-13-27(33(44)45)36-30(39)15-18-46-20-22-48-24-25-49-23-21-47-19-17-35-28(37)11-6-4-2-3-5-7-12-31(40)41/h26-27H,2-25H2,1H3,(H,34,38)(H,35,37)(H,36,39)(H,40,41)(H,42,43)(H,44,45)/t26-,27-/m0/s1. The fourth-order valence-electron chi connectivity index (χ4n) is 4.36. The molecule has 0 aliphatic heterocycles. The normalized spacial score (nSPS) is 12.2. The third kappa shape index (κ3) is 31.7. The second kappa shape index (κ2) is 31.9. The van der Waals surface area contributed by atoms with Crippen LogP contribution >= 0.6 is 0 Å². The highest BCUT2D eigenvalue weighted by Crippen LogP contribution is 2.09. The molecule has 0 fully saturated rings. The maximum atomic E-state index is 12.1. The minimum Gasteiger partial charge on any atom is -0.481 e. The number of nitrogens with one attached hydrogen (secondary N) is 3. The highest BCUT2D eigenvalue weighted by atomic mass is 16.6. The molecule has 16 nitrogen and oxygen atoms in total. The number of hydrogen-bond donors (Lipinski definition) is 6. The number of aliphatic carboxylic acids is 3. The Morgan fingerprint density at radius 3 is 1.57 bits per heavy atom. The first-order valence-electron chi connectivity index (χ1n) is 17.3. The van der Waals surface area contributed by atoms with Crippen LogP contribution in [0.3, 0.4) is 0 Å². The molecule has 284 valence electrons. The Kier molecular flexibility index (Phi) is 29.7. The third-order valence-corrected chi connectivity index (χ3v) is 7.30. The Morgan fingerprint density at radius 2 is 1.00 bits per heavy atom. The van der Waals surface area contributed by atoms with Crippen LogP contribution in [0, 0.1) is 5.92 Å². The molecule has 0 saturated heterocycles. The summed E-state index contributed by atoms with van der Waals surface area (Å²) in [6, 6.07) is -1.20. The van der Waals surface area contributed by atoms with Crippen molar-refractivity contribution < 1.29 is 63.0 Å². The number of hydrogen-bond acceptors (Lipinski definition) is 10. The van der Waals surface area contributed by atoms with E-state index in [0.717, 1.165) is 32.1 Å². The average Bonchev–Trinajstić information content (AvgIpc) is 3.05. The van der Waals surface area contributed by atoms with Gasteiger partial charge in [-0.15, -0.1) is 0 Å².